The zero-order valence-corrected chi connectivity index (χ0v) is 15.2. The number of piperidine rings is 1. The van der Waals surface area contributed by atoms with Crippen LogP contribution in [0.4, 0.5) is 5.69 Å². The lowest BCUT2D eigenvalue weighted by atomic mass is 9.97. The first kappa shape index (κ1) is 18.9. The Labute approximate surface area is 144 Å². The van der Waals surface area contributed by atoms with Crippen LogP contribution in [0.15, 0.2) is 24.3 Å². The first-order chi connectivity index (χ1) is 11.5. The molecule has 2 N–H and O–H groups in total. The summed E-state index contributed by atoms with van der Waals surface area (Å²) in [5.41, 5.74) is 1.88. The molecule has 134 valence electrons. The van der Waals surface area contributed by atoms with Gasteiger partial charge in [0.15, 0.2) is 0 Å². The van der Waals surface area contributed by atoms with Gasteiger partial charge in [-0.05, 0) is 37.9 Å². The second kappa shape index (κ2) is 8.60. The molecular formula is C17H27N3O3S. The highest BCUT2D eigenvalue weighted by Crippen LogP contribution is 2.23. The molecule has 0 unspecified atom stereocenters. The molecule has 6 nitrogen and oxygen atoms in total. The maximum absolute atomic E-state index is 12.5. The van der Waals surface area contributed by atoms with Crippen molar-refractivity contribution in [1.82, 2.24) is 9.62 Å². The fourth-order valence-corrected chi connectivity index (χ4v) is 4.00. The van der Waals surface area contributed by atoms with Gasteiger partial charge in [-0.15, -0.1) is 0 Å². The maximum Gasteiger partial charge on any atom is 0.227 e. The lowest BCUT2D eigenvalue weighted by molar-refractivity contribution is -0.120. The highest BCUT2D eigenvalue weighted by Gasteiger charge is 2.30. The van der Waals surface area contributed by atoms with Gasteiger partial charge in [-0.3, -0.25) is 4.79 Å². The number of amides is 1. The van der Waals surface area contributed by atoms with E-state index in [0.717, 1.165) is 17.8 Å². The molecule has 2 rings (SSSR count). The summed E-state index contributed by atoms with van der Waals surface area (Å²) in [5.74, 6) is -0.0465. The van der Waals surface area contributed by atoms with Gasteiger partial charge in [-0.2, -0.15) is 0 Å². The number of nitrogens with one attached hydrogen (secondary N) is 2. The molecule has 0 aromatic heterocycles. The van der Waals surface area contributed by atoms with Crippen molar-refractivity contribution in [1.29, 1.82) is 0 Å². The fraction of sp³-hybridized carbons (Fsp3) is 0.588. The van der Waals surface area contributed by atoms with Gasteiger partial charge in [0.2, 0.25) is 15.9 Å². The van der Waals surface area contributed by atoms with E-state index in [4.69, 9.17) is 0 Å². The number of hydrogen-bond acceptors (Lipinski definition) is 4. The zero-order chi connectivity index (χ0) is 17.6. The predicted molar refractivity (Wildman–Crippen MR) is 96.2 cm³/mol. The quantitative estimate of drug-likeness (QED) is 0.783. The molecule has 1 aliphatic rings. The number of carbonyl (C=O) groups is 1. The first-order valence-corrected chi connectivity index (χ1v) is 10.2. The molecule has 1 aliphatic heterocycles. The summed E-state index contributed by atoms with van der Waals surface area (Å²) in [6, 6.07) is 7.76. The van der Waals surface area contributed by atoms with Crippen LogP contribution in [-0.4, -0.2) is 44.0 Å². The Balaban J connectivity index is 1.95. The van der Waals surface area contributed by atoms with Gasteiger partial charge in [-0.25, -0.2) is 12.7 Å². The number of benzene rings is 1. The summed E-state index contributed by atoms with van der Waals surface area (Å²) >= 11 is 0. The summed E-state index contributed by atoms with van der Waals surface area (Å²) < 4.78 is 25.3. The molecule has 1 aromatic carbocycles. The number of hydrogen-bond donors (Lipinski definition) is 2. The van der Waals surface area contributed by atoms with Crippen molar-refractivity contribution in [3.63, 3.8) is 0 Å². The average Bonchev–Trinajstić information content (AvgIpc) is 2.61. The lowest BCUT2D eigenvalue weighted by Gasteiger charge is -2.30. The van der Waals surface area contributed by atoms with E-state index in [2.05, 4.69) is 10.6 Å². The van der Waals surface area contributed by atoms with Crippen LogP contribution in [0.25, 0.3) is 0 Å². The topological polar surface area (TPSA) is 78.5 Å². The summed E-state index contributed by atoms with van der Waals surface area (Å²) in [6.45, 7) is 6.11. The SMILES string of the molecule is CCNCc1ccccc1NC(=O)C1CCN(S(=O)(=O)CC)CC1. The first-order valence-electron chi connectivity index (χ1n) is 8.55. The number of anilines is 1. The van der Waals surface area contributed by atoms with Crippen LogP contribution >= 0.6 is 0 Å². The molecule has 1 aromatic rings. The smallest absolute Gasteiger partial charge is 0.227 e. The minimum Gasteiger partial charge on any atom is -0.326 e. The zero-order valence-electron chi connectivity index (χ0n) is 14.4. The molecule has 0 bridgehead atoms. The monoisotopic (exact) mass is 353 g/mol. The van der Waals surface area contributed by atoms with Crippen LogP contribution in [0.2, 0.25) is 0 Å². The molecule has 0 radical (unpaired) electrons. The molecule has 0 atom stereocenters. The van der Waals surface area contributed by atoms with E-state index >= 15 is 0 Å². The van der Waals surface area contributed by atoms with Gasteiger partial charge in [0, 0.05) is 31.2 Å². The van der Waals surface area contributed by atoms with Crippen LogP contribution in [0.3, 0.4) is 0 Å². The molecule has 0 saturated carbocycles. The van der Waals surface area contributed by atoms with Crippen LogP contribution < -0.4 is 10.6 Å². The van der Waals surface area contributed by atoms with Gasteiger partial charge in [0.05, 0.1) is 5.75 Å². The Hall–Kier alpha value is -1.44. The third-order valence-corrected chi connectivity index (χ3v) is 6.31. The van der Waals surface area contributed by atoms with E-state index in [1.807, 2.05) is 31.2 Å². The van der Waals surface area contributed by atoms with E-state index in [1.165, 1.54) is 4.31 Å². The molecule has 0 aliphatic carbocycles. The largest absolute Gasteiger partial charge is 0.326 e. The van der Waals surface area contributed by atoms with Crippen molar-refractivity contribution in [3.05, 3.63) is 29.8 Å². The molecule has 1 fully saturated rings. The standard InChI is InChI=1S/C17H27N3O3S/c1-3-18-13-15-7-5-6-8-16(15)19-17(21)14-9-11-20(12-10-14)24(22,23)4-2/h5-8,14,18H,3-4,9-13H2,1-2H3,(H,19,21). The number of sulfonamides is 1. The second-order valence-electron chi connectivity index (χ2n) is 6.00. The van der Waals surface area contributed by atoms with Crippen molar-refractivity contribution in [3.8, 4) is 0 Å². The second-order valence-corrected chi connectivity index (χ2v) is 8.26. The normalized spacial score (nSPS) is 16.9. The van der Waals surface area contributed by atoms with Gasteiger partial charge in [0.25, 0.3) is 0 Å². The van der Waals surface area contributed by atoms with Crippen LogP contribution in [-0.2, 0) is 21.4 Å². The maximum atomic E-state index is 12.5. The Morgan fingerprint density at radius 1 is 1.21 bits per heavy atom. The van der Waals surface area contributed by atoms with Crippen molar-refractivity contribution in [2.45, 2.75) is 33.2 Å². The molecule has 1 amide bonds. The minimum atomic E-state index is -3.15. The number of rotatable bonds is 7. The molecule has 0 spiro atoms. The van der Waals surface area contributed by atoms with E-state index in [0.29, 0.717) is 32.5 Å². The Bertz CT molecular complexity index is 653. The summed E-state index contributed by atoms with van der Waals surface area (Å²) in [4.78, 5) is 12.5. The average molecular weight is 353 g/mol. The minimum absolute atomic E-state index is 0.0208. The Morgan fingerprint density at radius 2 is 1.88 bits per heavy atom. The van der Waals surface area contributed by atoms with Crippen molar-refractivity contribution >= 4 is 21.6 Å². The van der Waals surface area contributed by atoms with Crippen LogP contribution in [0, 0.1) is 5.92 Å². The van der Waals surface area contributed by atoms with Gasteiger partial charge in [-0.1, -0.05) is 25.1 Å². The highest BCUT2D eigenvalue weighted by molar-refractivity contribution is 7.89. The fourth-order valence-electron chi connectivity index (χ4n) is 2.87. The van der Waals surface area contributed by atoms with E-state index in [-0.39, 0.29) is 17.6 Å². The summed E-state index contributed by atoms with van der Waals surface area (Å²) in [5, 5.41) is 6.27. The third-order valence-electron chi connectivity index (χ3n) is 4.42. The van der Waals surface area contributed by atoms with Crippen LogP contribution in [0.1, 0.15) is 32.3 Å². The summed E-state index contributed by atoms with van der Waals surface area (Å²) in [6.07, 6.45) is 1.14. The van der Waals surface area contributed by atoms with Crippen molar-refractivity contribution in [2.24, 2.45) is 5.92 Å². The van der Waals surface area contributed by atoms with Crippen molar-refractivity contribution < 1.29 is 13.2 Å². The summed E-state index contributed by atoms with van der Waals surface area (Å²) in [7, 11) is -3.15. The van der Waals surface area contributed by atoms with Gasteiger partial charge < -0.3 is 10.6 Å². The third kappa shape index (κ3) is 4.78. The van der Waals surface area contributed by atoms with Gasteiger partial charge >= 0.3 is 0 Å². The molecule has 1 saturated heterocycles. The van der Waals surface area contributed by atoms with E-state index in [1.54, 1.807) is 6.92 Å². The highest BCUT2D eigenvalue weighted by atomic mass is 32.2. The van der Waals surface area contributed by atoms with Gasteiger partial charge in [0.1, 0.15) is 0 Å². The Kier molecular flexibility index (Phi) is 6.77. The molecule has 24 heavy (non-hydrogen) atoms. The number of carbonyl (C=O) groups excluding carboxylic acids is 1. The molecule has 1 heterocycles. The van der Waals surface area contributed by atoms with E-state index in [9.17, 15) is 13.2 Å². The molecule has 7 heteroatoms. The van der Waals surface area contributed by atoms with Crippen molar-refractivity contribution in [2.75, 3.05) is 30.7 Å². The number of para-hydroxylation sites is 1. The lowest BCUT2D eigenvalue weighted by Crippen LogP contribution is -2.42. The van der Waals surface area contributed by atoms with Crippen LogP contribution in [0.5, 0.6) is 0 Å². The molecular weight excluding hydrogens is 326 g/mol. The predicted octanol–water partition coefficient (Wildman–Crippen LogP) is 1.80. The Morgan fingerprint density at radius 3 is 2.50 bits per heavy atom. The van der Waals surface area contributed by atoms with E-state index < -0.39 is 10.0 Å². The number of nitrogens with zero attached hydrogens (tertiary/aromatic N) is 1.